The normalized spacial score (nSPS) is 21.1. The number of rotatable bonds is 3. The summed E-state index contributed by atoms with van der Waals surface area (Å²) in [6.45, 7) is 7.53. The Morgan fingerprint density at radius 1 is 1.50 bits per heavy atom. The van der Waals surface area contributed by atoms with Crippen LogP contribution in [0.1, 0.15) is 28.2 Å². The van der Waals surface area contributed by atoms with Crippen LogP contribution in [-0.4, -0.2) is 24.0 Å². The van der Waals surface area contributed by atoms with Crippen molar-refractivity contribution in [2.24, 2.45) is 5.73 Å². The standard InChI is InChI=1S/C12H20N2S.ClH/c1-9-6-11(10(2)15-9)8-14-5-3-4-12(14)7-13;/h6,12H,3-5,7-8,13H2,1-2H3;1H. The Hall–Kier alpha value is -0.0900. The third kappa shape index (κ3) is 2.98. The van der Waals surface area contributed by atoms with Gasteiger partial charge in [-0.25, -0.2) is 0 Å². The number of hydrogen-bond acceptors (Lipinski definition) is 3. The van der Waals surface area contributed by atoms with Crippen LogP contribution in [0.25, 0.3) is 0 Å². The number of hydrogen-bond donors (Lipinski definition) is 1. The van der Waals surface area contributed by atoms with E-state index in [1.54, 1.807) is 0 Å². The van der Waals surface area contributed by atoms with Crippen LogP contribution in [0.5, 0.6) is 0 Å². The fourth-order valence-corrected chi connectivity index (χ4v) is 3.37. The van der Waals surface area contributed by atoms with Crippen LogP contribution in [0.2, 0.25) is 0 Å². The van der Waals surface area contributed by atoms with Gasteiger partial charge in [-0.1, -0.05) is 0 Å². The van der Waals surface area contributed by atoms with E-state index in [-0.39, 0.29) is 12.4 Å². The number of aryl methyl sites for hydroxylation is 2. The molecule has 2 rings (SSSR count). The van der Waals surface area contributed by atoms with Crippen molar-refractivity contribution in [2.75, 3.05) is 13.1 Å². The van der Waals surface area contributed by atoms with E-state index in [4.69, 9.17) is 5.73 Å². The molecule has 0 aromatic carbocycles. The summed E-state index contributed by atoms with van der Waals surface area (Å²) < 4.78 is 0. The van der Waals surface area contributed by atoms with Gasteiger partial charge in [0.25, 0.3) is 0 Å². The highest BCUT2D eigenvalue weighted by molar-refractivity contribution is 7.12. The van der Waals surface area contributed by atoms with Crippen molar-refractivity contribution in [3.05, 3.63) is 21.4 Å². The zero-order chi connectivity index (χ0) is 10.8. The Balaban J connectivity index is 0.00000128. The molecule has 0 radical (unpaired) electrons. The Bertz CT molecular complexity index is 338. The fourth-order valence-electron chi connectivity index (χ4n) is 2.43. The quantitative estimate of drug-likeness (QED) is 0.906. The molecule has 92 valence electrons. The van der Waals surface area contributed by atoms with Gasteiger partial charge in [-0.15, -0.1) is 23.7 Å². The highest BCUT2D eigenvalue weighted by atomic mass is 35.5. The van der Waals surface area contributed by atoms with Crippen molar-refractivity contribution in [1.29, 1.82) is 0 Å². The molecule has 2 N–H and O–H groups in total. The van der Waals surface area contributed by atoms with Crippen molar-refractivity contribution in [2.45, 2.75) is 39.3 Å². The molecule has 1 atom stereocenters. The molecule has 1 saturated heterocycles. The molecule has 1 aliphatic rings. The predicted octanol–water partition coefficient (Wildman–Crippen LogP) is 2.71. The number of thiophene rings is 1. The first-order valence-electron chi connectivity index (χ1n) is 5.70. The zero-order valence-electron chi connectivity index (χ0n) is 10.0. The lowest BCUT2D eigenvalue weighted by Crippen LogP contribution is -2.34. The lowest BCUT2D eigenvalue weighted by atomic mass is 10.2. The van der Waals surface area contributed by atoms with Gasteiger partial charge in [-0.05, 0) is 44.9 Å². The minimum atomic E-state index is 0. The first-order chi connectivity index (χ1) is 7.20. The van der Waals surface area contributed by atoms with Gasteiger partial charge in [-0.3, -0.25) is 4.90 Å². The molecule has 0 spiro atoms. The first kappa shape index (κ1) is 14.0. The van der Waals surface area contributed by atoms with Gasteiger partial charge in [0.1, 0.15) is 0 Å². The Morgan fingerprint density at radius 3 is 2.81 bits per heavy atom. The summed E-state index contributed by atoms with van der Waals surface area (Å²) in [6, 6.07) is 2.94. The summed E-state index contributed by atoms with van der Waals surface area (Å²) >= 11 is 1.90. The highest BCUT2D eigenvalue weighted by Crippen LogP contribution is 2.25. The molecule has 0 bridgehead atoms. The van der Waals surface area contributed by atoms with Crippen molar-refractivity contribution in [3.63, 3.8) is 0 Å². The smallest absolute Gasteiger partial charge is 0.0248 e. The van der Waals surface area contributed by atoms with Crippen LogP contribution in [-0.2, 0) is 6.54 Å². The van der Waals surface area contributed by atoms with Crippen LogP contribution in [0, 0.1) is 13.8 Å². The topological polar surface area (TPSA) is 29.3 Å². The molecule has 1 unspecified atom stereocenters. The van der Waals surface area contributed by atoms with E-state index >= 15 is 0 Å². The monoisotopic (exact) mass is 260 g/mol. The molecule has 1 aliphatic heterocycles. The third-order valence-corrected chi connectivity index (χ3v) is 4.30. The first-order valence-corrected chi connectivity index (χ1v) is 6.52. The molecular formula is C12H21ClN2S. The second-order valence-corrected chi connectivity index (χ2v) is 5.90. The van der Waals surface area contributed by atoms with Crippen LogP contribution >= 0.6 is 23.7 Å². The number of nitrogens with zero attached hydrogens (tertiary/aromatic N) is 1. The van der Waals surface area contributed by atoms with Crippen molar-refractivity contribution in [3.8, 4) is 0 Å². The molecule has 0 aliphatic carbocycles. The molecule has 1 fully saturated rings. The molecule has 1 aromatic heterocycles. The summed E-state index contributed by atoms with van der Waals surface area (Å²) in [5.41, 5.74) is 7.28. The molecule has 4 heteroatoms. The summed E-state index contributed by atoms with van der Waals surface area (Å²) in [4.78, 5) is 5.43. The van der Waals surface area contributed by atoms with Crippen molar-refractivity contribution < 1.29 is 0 Å². The number of likely N-dealkylation sites (tertiary alicyclic amines) is 1. The lowest BCUT2D eigenvalue weighted by molar-refractivity contribution is 0.250. The van der Waals surface area contributed by atoms with E-state index in [0.717, 1.165) is 13.1 Å². The van der Waals surface area contributed by atoms with Gasteiger partial charge in [0.05, 0.1) is 0 Å². The summed E-state index contributed by atoms with van der Waals surface area (Å²) in [7, 11) is 0. The second kappa shape index (κ2) is 6.01. The van der Waals surface area contributed by atoms with Gasteiger partial charge in [-0.2, -0.15) is 0 Å². The Labute approximate surface area is 108 Å². The van der Waals surface area contributed by atoms with Crippen molar-refractivity contribution >= 4 is 23.7 Å². The van der Waals surface area contributed by atoms with Gasteiger partial charge >= 0.3 is 0 Å². The van der Waals surface area contributed by atoms with Gasteiger partial charge in [0.2, 0.25) is 0 Å². The molecule has 16 heavy (non-hydrogen) atoms. The van der Waals surface area contributed by atoms with Gasteiger partial charge in [0, 0.05) is 28.9 Å². The number of halogens is 1. The summed E-state index contributed by atoms with van der Waals surface area (Å²) in [6.07, 6.45) is 2.59. The third-order valence-electron chi connectivity index (χ3n) is 3.29. The molecule has 1 aromatic rings. The van der Waals surface area contributed by atoms with E-state index < -0.39 is 0 Å². The summed E-state index contributed by atoms with van der Waals surface area (Å²) in [5.74, 6) is 0. The minimum Gasteiger partial charge on any atom is -0.329 e. The average molecular weight is 261 g/mol. The molecule has 2 heterocycles. The lowest BCUT2D eigenvalue weighted by Gasteiger charge is -2.22. The van der Waals surface area contributed by atoms with Gasteiger partial charge in [0.15, 0.2) is 0 Å². The molecular weight excluding hydrogens is 240 g/mol. The second-order valence-electron chi connectivity index (χ2n) is 4.44. The summed E-state index contributed by atoms with van der Waals surface area (Å²) in [5, 5.41) is 0. The fraction of sp³-hybridized carbons (Fsp3) is 0.667. The maximum absolute atomic E-state index is 5.78. The maximum Gasteiger partial charge on any atom is 0.0248 e. The molecule has 0 saturated carbocycles. The van der Waals surface area contributed by atoms with Gasteiger partial charge < -0.3 is 5.73 Å². The average Bonchev–Trinajstić information content (AvgIpc) is 2.74. The molecule has 2 nitrogen and oxygen atoms in total. The SMILES string of the molecule is Cc1cc(CN2CCCC2CN)c(C)s1.Cl. The van der Waals surface area contributed by atoms with Crippen LogP contribution in [0.3, 0.4) is 0 Å². The van der Waals surface area contributed by atoms with E-state index in [9.17, 15) is 0 Å². The minimum absolute atomic E-state index is 0. The molecule has 0 amide bonds. The largest absolute Gasteiger partial charge is 0.329 e. The van der Waals surface area contributed by atoms with Crippen molar-refractivity contribution in [1.82, 2.24) is 4.90 Å². The van der Waals surface area contributed by atoms with E-state index in [1.807, 2.05) is 11.3 Å². The number of nitrogens with two attached hydrogens (primary N) is 1. The maximum atomic E-state index is 5.78. The Morgan fingerprint density at radius 2 is 2.25 bits per heavy atom. The van der Waals surface area contributed by atoms with Crippen LogP contribution in [0.15, 0.2) is 6.07 Å². The zero-order valence-corrected chi connectivity index (χ0v) is 11.7. The predicted molar refractivity (Wildman–Crippen MR) is 73.5 cm³/mol. The van der Waals surface area contributed by atoms with E-state index in [1.165, 1.54) is 34.7 Å². The highest BCUT2D eigenvalue weighted by Gasteiger charge is 2.23. The van der Waals surface area contributed by atoms with Crippen LogP contribution in [0.4, 0.5) is 0 Å². The Kier molecular flexibility index (Phi) is 5.25. The van der Waals surface area contributed by atoms with Crippen LogP contribution < -0.4 is 5.73 Å². The van der Waals surface area contributed by atoms with E-state index in [0.29, 0.717) is 6.04 Å². The van der Waals surface area contributed by atoms with E-state index in [2.05, 4.69) is 24.8 Å².